The van der Waals surface area contributed by atoms with E-state index in [1.165, 1.54) is 21.3 Å². The number of methoxy groups -OCH3 is 3. The van der Waals surface area contributed by atoms with Gasteiger partial charge >= 0.3 is 5.97 Å². The third kappa shape index (κ3) is 3.94. The van der Waals surface area contributed by atoms with Gasteiger partial charge in [0, 0.05) is 23.9 Å². The van der Waals surface area contributed by atoms with Gasteiger partial charge in [-0.25, -0.2) is 0 Å². The summed E-state index contributed by atoms with van der Waals surface area (Å²) in [5, 5.41) is 11.8. The van der Waals surface area contributed by atoms with Crippen molar-refractivity contribution >= 4 is 11.7 Å². The Morgan fingerprint density at radius 3 is 2.11 bits per heavy atom. The molecule has 6 heteroatoms. The van der Waals surface area contributed by atoms with E-state index in [1.54, 1.807) is 19.1 Å². The fourth-order valence-electron chi connectivity index (χ4n) is 1.76. The maximum absolute atomic E-state index is 10.6. The zero-order valence-electron chi connectivity index (χ0n) is 11.5. The van der Waals surface area contributed by atoms with Gasteiger partial charge < -0.3 is 24.6 Å². The van der Waals surface area contributed by atoms with E-state index < -0.39 is 5.97 Å². The second kappa shape index (κ2) is 6.72. The van der Waals surface area contributed by atoms with Gasteiger partial charge in [0.1, 0.15) is 0 Å². The Labute approximate surface area is 112 Å². The Hall–Kier alpha value is -2.11. The minimum absolute atomic E-state index is 0.0245. The highest BCUT2D eigenvalue weighted by Gasteiger charge is 2.15. The molecule has 0 radical (unpaired) electrons. The number of carboxylic acid groups (broad SMARTS) is 1. The topological polar surface area (TPSA) is 77.0 Å². The summed E-state index contributed by atoms with van der Waals surface area (Å²) in [6.45, 7) is 1.79. The molecular formula is C13H19NO5. The first-order valence-corrected chi connectivity index (χ1v) is 5.80. The van der Waals surface area contributed by atoms with Gasteiger partial charge in [-0.1, -0.05) is 0 Å². The standard InChI is InChI=1S/C13H19NO5/c1-8(5-12(15)16)14-9-6-10(17-2)13(19-4)11(7-9)18-3/h6-8,14H,5H2,1-4H3,(H,15,16). The molecule has 0 amide bonds. The second-order valence-corrected chi connectivity index (χ2v) is 4.06. The maximum atomic E-state index is 10.6. The lowest BCUT2D eigenvalue weighted by molar-refractivity contribution is -0.137. The molecule has 0 fully saturated rings. The van der Waals surface area contributed by atoms with Crippen molar-refractivity contribution in [2.75, 3.05) is 26.6 Å². The highest BCUT2D eigenvalue weighted by molar-refractivity contribution is 5.69. The number of anilines is 1. The largest absolute Gasteiger partial charge is 0.493 e. The SMILES string of the molecule is COc1cc(NC(C)CC(=O)O)cc(OC)c1OC. The van der Waals surface area contributed by atoms with E-state index in [2.05, 4.69) is 5.32 Å². The predicted octanol–water partition coefficient (Wildman–Crippen LogP) is 1.99. The van der Waals surface area contributed by atoms with Gasteiger partial charge in [0.25, 0.3) is 0 Å². The number of carbonyl (C=O) groups is 1. The van der Waals surface area contributed by atoms with Crippen LogP contribution < -0.4 is 19.5 Å². The molecule has 1 aromatic rings. The summed E-state index contributed by atoms with van der Waals surface area (Å²) in [6.07, 6.45) is 0.0245. The van der Waals surface area contributed by atoms with Crippen LogP contribution in [0.25, 0.3) is 0 Å². The van der Waals surface area contributed by atoms with Gasteiger partial charge in [-0.05, 0) is 6.92 Å². The Morgan fingerprint density at radius 1 is 1.21 bits per heavy atom. The molecular weight excluding hydrogens is 250 g/mol. The lowest BCUT2D eigenvalue weighted by Crippen LogP contribution is -2.19. The van der Waals surface area contributed by atoms with Crippen LogP contribution in [0.15, 0.2) is 12.1 Å². The second-order valence-electron chi connectivity index (χ2n) is 4.06. The van der Waals surface area contributed by atoms with Crippen LogP contribution in [-0.4, -0.2) is 38.4 Å². The molecule has 0 heterocycles. The molecule has 0 spiro atoms. The summed E-state index contributed by atoms with van der Waals surface area (Å²) in [5.41, 5.74) is 0.711. The number of nitrogens with one attached hydrogen (secondary N) is 1. The number of aliphatic carboxylic acids is 1. The number of rotatable bonds is 7. The molecule has 106 valence electrons. The average Bonchev–Trinajstić information content (AvgIpc) is 2.36. The van der Waals surface area contributed by atoms with Crippen molar-refractivity contribution in [1.82, 2.24) is 0 Å². The molecule has 0 aliphatic rings. The lowest BCUT2D eigenvalue weighted by atomic mass is 10.2. The third-order valence-electron chi connectivity index (χ3n) is 2.56. The van der Waals surface area contributed by atoms with Crippen LogP contribution in [0, 0.1) is 0 Å². The Bertz CT molecular complexity index is 422. The van der Waals surface area contributed by atoms with Crippen molar-refractivity contribution in [1.29, 1.82) is 0 Å². The van der Waals surface area contributed by atoms with Crippen LogP contribution in [0.4, 0.5) is 5.69 Å². The van der Waals surface area contributed by atoms with Crippen LogP contribution in [0.3, 0.4) is 0 Å². The number of hydrogen-bond donors (Lipinski definition) is 2. The van der Waals surface area contributed by atoms with Crippen molar-refractivity contribution in [3.63, 3.8) is 0 Å². The molecule has 1 unspecified atom stereocenters. The van der Waals surface area contributed by atoms with E-state index in [1.807, 2.05) is 0 Å². The Morgan fingerprint density at radius 2 is 1.74 bits per heavy atom. The van der Waals surface area contributed by atoms with Crippen molar-refractivity contribution in [3.05, 3.63) is 12.1 Å². The quantitative estimate of drug-likeness (QED) is 0.788. The molecule has 1 rings (SSSR count). The first-order chi connectivity index (χ1) is 9.01. The molecule has 2 N–H and O–H groups in total. The van der Waals surface area contributed by atoms with Gasteiger partial charge in [0.2, 0.25) is 5.75 Å². The van der Waals surface area contributed by atoms with Gasteiger partial charge in [0.15, 0.2) is 11.5 Å². The van der Waals surface area contributed by atoms with Crippen LogP contribution in [0.2, 0.25) is 0 Å². The van der Waals surface area contributed by atoms with Crippen molar-refractivity contribution in [2.24, 2.45) is 0 Å². The highest BCUT2D eigenvalue weighted by atomic mass is 16.5. The van der Waals surface area contributed by atoms with E-state index in [4.69, 9.17) is 19.3 Å². The van der Waals surface area contributed by atoms with E-state index in [9.17, 15) is 4.79 Å². The smallest absolute Gasteiger partial charge is 0.305 e. The molecule has 0 aliphatic heterocycles. The van der Waals surface area contributed by atoms with Gasteiger partial charge in [0.05, 0.1) is 27.8 Å². The van der Waals surface area contributed by atoms with Crippen LogP contribution in [0.1, 0.15) is 13.3 Å². The Balaban J connectivity index is 2.99. The number of benzene rings is 1. The first-order valence-electron chi connectivity index (χ1n) is 5.80. The van der Waals surface area contributed by atoms with Gasteiger partial charge in [-0.3, -0.25) is 4.79 Å². The third-order valence-corrected chi connectivity index (χ3v) is 2.56. The zero-order valence-corrected chi connectivity index (χ0v) is 11.5. The number of ether oxygens (including phenoxy) is 3. The molecule has 0 saturated heterocycles. The predicted molar refractivity (Wildman–Crippen MR) is 71.4 cm³/mol. The number of hydrogen-bond acceptors (Lipinski definition) is 5. The summed E-state index contributed by atoms with van der Waals surface area (Å²) < 4.78 is 15.7. The molecule has 6 nitrogen and oxygen atoms in total. The first kappa shape index (κ1) is 14.9. The molecule has 1 atom stereocenters. The van der Waals surface area contributed by atoms with E-state index >= 15 is 0 Å². The zero-order chi connectivity index (χ0) is 14.4. The van der Waals surface area contributed by atoms with Crippen molar-refractivity contribution in [3.8, 4) is 17.2 Å². The highest BCUT2D eigenvalue weighted by Crippen LogP contribution is 2.40. The van der Waals surface area contributed by atoms with Crippen molar-refractivity contribution in [2.45, 2.75) is 19.4 Å². The summed E-state index contributed by atoms with van der Waals surface area (Å²) in [6, 6.07) is 3.26. The fourth-order valence-corrected chi connectivity index (χ4v) is 1.76. The van der Waals surface area contributed by atoms with Gasteiger partial charge in [-0.15, -0.1) is 0 Å². The monoisotopic (exact) mass is 269 g/mol. The summed E-state index contributed by atoms with van der Waals surface area (Å²) in [5.74, 6) is 0.688. The molecule has 0 aromatic heterocycles. The minimum Gasteiger partial charge on any atom is -0.493 e. The maximum Gasteiger partial charge on any atom is 0.305 e. The van der Waals surface area contributed by atoms with Crippen LogP contribution in [0.5, 0.6) is 17.2 Å². The summed E-state index contributed by atoms with van der Waals surface area (Å²) >= 11 is 0. The van der Waals surface area contributed by atoms with Crippen LogP contribution >= 0.6 is 0 Å². The van der Waals surface area contributed by atoms with E-state index in [-0.39, 0.29) is 12.5 Å². The lowest BCUT2D eigenvalue weighted by Gasteiger charge is -2.17. The van der Waals surface area contributed by atoms with Crippen LogP contribution in [-0.2, 0) is 4.79 Å². The molecule has 1 aromatic carbocycles. The Kier molecular flexibility index (Phi) is 5.29. The number of carboxylic acids is 1. The van der Waals surface area contributed by atoms with E-state index in [0.29, 0.717) is 22.9 Å². The van der Waals surface area contributed by atoms with Gasteiger partial charge in [-0.2, -0.15) is 0 Å². The fraction of sp³-hybridized carbons (Fsp3) is 0.462. The normalized spacial score (nSPS) is 11.6. The molecule has 19 heavy (non-hydrogen) atoms. The van der Waals surface area contributed by atoms with E-state index in [0.717, 1.165) is 0 Å². The minimum atomic E-state index is -0.854. The summed E-state index contributed by atoms with van der Waals surface area (Å²) in [4.78, 5) is 10.6. The molecule has 0 saturated carbocycles. The molecule has 0 bridgehead atoms. The summed E-state index contributed by atoms with van der Waals surface area (Å²) in [7, 11) is 4.59. The molecule has 0 aliphatic carbocycles. The van der Waals surface area contributed by atoms with Crippen molar-refractivity contribution < 1.29 is 24.1 Å². The average molecular weight is 269 g/mol.